The molecule has 0 saturated heterocycles. The van der Waals surface area contributed by atoms with Crippen LogP contribution in [-0.2, 0) is 16.0 Å². The fourth-order valence-electron chi connectivity index (χ4n) is 2.39. The summed E-state index contributed by atoms with van der Waals surface area (Å²) < 4.78 is 5.03. The number of aromatic nitrogens is 1. The number of pyridine rings is 1. The average Bonchev–Trinajstić information content (AvgIpc) is 2.62. The lowest BCUT2D eigenvalue weighted by atomic mass is 10.0. The Balaban J connectivity index is 2.24. The highest BCUT2D eigenvalue weighted by atomic mass is 16.6. The number of non-ortho nitro benzene ring substituents is 1. The van der Waals surface area contributed by atoms with Crippen LogP contribution in [-0.4, -0.2) is 34.4 Å². The molecule has 26 heavy (non-hydrogen) atoms. The highest BCUT2D eigenvalue weighted by Gasteiger charge is 2.24. The first kappa shape index (κ1) is 19.0. The zero-order valence-corrected chi connectivity index (χ0v) is 14.5. The SMILES string of the molecule is CCOC(=O)[C@@H](Cc1ccncc1)NC(=O)c1cc([N+](=O)[O-])ccc1C. The predicted molar refractivity (Wildman–Crippen MR) is 93.7 cm³/mol. The van der Waals surface area contributed by atoms with Crippen molar-refractivity contribution in [3.05, 3.63) is 69.5 Å². The molecule has 1 amide bonds. The molecule has 8 heteroatoms. The smallest absolute Gasteiger partial charge is 0.328 e. The molecule has 0 radical (unpaired) electrons. The van der Waals surface area contributed by atoms with Crippen LogP contribution in [0.3, 0.4) is 0 Å². The molecular weight excluding hydrogens is 338 g/mol. The monoisotopic (exact) mass is 357 g/mol. The van der Waals surface area contributed by atoms with Crippen LogP contribution in [0.1, 0.15) is 28.4 Å². The van der Waals surface area contributed by atoms with E-state index in [1.807, 2.05) is 0 Å². The first-order chi connectivity index (χ1) is 12.4. The van der Waals surface area contributed by atoms with Gasteiger partial charge in [0.25, 0.3) is 11.6 Å². The summed E-state index contributed by atoms with van der Waals surface area (Å²) in [6.07, 6.45) is 3.40. The molecule has 1 aromatic carbocycles. The van der Waals surface area contributed by atoms with E-state index in [1.165, 1.54) is 18.2 Å². The number of hydrogen-bond acceptors (Lipinski definition) is 6. The van der Waals surface area contributed by atoms with Crippen molar-refractivity contribution in [3.63, 3.8) is 0 Å². The van der Waals surface area contributed by atoms with Gasteiger partial charge < -0.3 is 10.1 Å². The molecule has 0 spiro atoms. The molecule has 8 nitrogen and oxygen atoms in total. The van der Waals surface area contributed by atoms with Crippen LogP contribution in [0.2, 0.25) is 0 Å². The van der Waals surface area contributed by atoms with Gasteiger partial charge in [-0.1, -0.05) is 6.07 Å². The van der Waals surface area contributed by atoms with Gasteiger partial charge in [-0.3, -0.25) is 19.9 Å². The molecule has 0 aliphatic rings. The number of hydrogen-bond donors (Lipinski definition) is 1. The zero-order chi connectivity index (χ0) is 19.1. The second-order valence-electron chi connectivity index (χ2n) is 5.59. The molecule has 1 heterocycles. The maximum atomic E-state index is 12.6. The molecule has 2 rings (SSSR count). The second kappa shape index (κ2) is 8.70. The van der Waals surface area contributed by atoms with E-state index >= 15 is 0 Å². The highest BCUT2D eigenvalue weighted by Crippen LogP contribution is 2.17. The van der Waals surface area contributed by atoms with Crippen molar-refractivity contribution in [1.82, 2.24) is 10.3 Å². The van der Waals surface area contributed by atoms with E-state index < -0.39 is 22.8 Å². The third-order valence-corrected chi connectivity index (χ3v) is 3.74. The summed E-state index contributed by atoms with van der Waals surface area (Å²) in [6, 6.07) is 6.57. The third kappa shape index (κ3) is 4.85. The zero-order valence-electron chi connectivity index (χ0n) is 14.5. The van der Waals surface area contributed by atoms with Crippen LogP contribution in [0.15, 0.2) is 42.7 Å². The van der Waals surface area contributed by atoms with Gasteiger partial charge in [0.2, 0.25) is 0 Å². The minimum Gasteiger partial charge on any atom is -0.464 e. The van der Waals surface area contributed by atoms with Gasteiger partial charge in [0, 0.05) is 36.5 Å². The third-order valence-electron chi connectivity index (χ3n) is 3.74. The van der Waals surface area contributed by atoms with E-state index in [4.69, 9.17) is 4.74 Å². The molecule has 0 saturated carbocycles. The number of esters is 1. The largest absolute Gasteiger partial charge is 0.464 e. The van der Waals surface area contributed by atoms with Crippen molar-refractivity contribution in [2.75, 3.05) is 6.61 Å². The van der Waals surface area contributed by atoms with Gasteiger partial charge in [0.15, 0.2) is 0 Å². The summed E-state index contributed by atoms with van der Waals surface area (Å²) in [5.74, 6) is -1.14. The summed E-state index contributed by atoms with van der Waals surface area (Å²) in [7, 11) is 0. The Morgan fingerprint density at radius 1 is 1.27 bits per heavy atom. The summed E-state index contributed by atoms with van der Waals surface area (Å²) in [6.45, 7) is 3.52. The van der Waals surface area contributed by atoms with Gasteiger partial charge in [0.1, 0.15) is 6.04 Å². The Kier molecular flexibility index (Phi) is 6.37. The van der Waals surface area contributed by atoms with Crippen molar-refractivity contribution in [3.8, 4) is 0 Å². The van der Waals surface area contributed by atoms with Gasteiger partial charge in [-0.05, 0) is 37.1 Å². The maximum Gasteiger partial charge on any atom is 0.328 e. The fraction of sp³-hybridized carbons (Fsp3) is 0.278. The van der Waals surface area contributed by atoms with E-state index in [-0.39, 0.29) is 24.3 Å². The van der Waals surface area contributed by atoms with E-state index in [0.29, 0.717) is 5.56 Å². The van der Waals surface area contributed by atoms with Crippen molar-refractivity contribution in [1.29, 1.82) is 0 Å². The summed E-state index contributed by atoms with van der Waals surface area (Å²) in [5, 5.41) is 13.6. The topological polar surface area (TPSA) is 111 Å². The van der Waals surface area contributed by atoms with Crippen molar-refractivity contribution in [2.24, 2.45) is 0 Å². The number of benzene rings is 1. The number of ether oxygens (including phenoxy) is 1. The molecule has 2 aromatic rings. The predicted octanol–water partition coefficient (Wildman–Crippen LogP) is 2.20. The fourth-order valence-corrected chi connectivity index (χ4v) is 2.39. The molecule has 0 fully saturated rings. The van der Waals surface area contributed by atoms with Crippen LogP contribution in [0.25, 0.3) is 0 Å². The lowest BCUT2D eigenvalue weighted by Crippen LogP contribution is -2.43. The van der Waals surface area contributed by atoms with Crippen LogP contribution in [0, 0.1) is 17.0 Å². The summed E-state index contributed by atoms with van der Waals surface area (Å²) in [5.41, 5.74) is 1.32. The standard InChI is InChI=1S/C18H19N3O5/c1-3-26-18(23)16(10-13-6-8-19-9-7-13)20-17(22)15-11-14(21(24)25)5-4-12(15)2/h4-9,11,16H,3,10H2,1-2H3,(H,20,22)/t16-/m1/s1. The Morgan fingerprint density at radius 2 is 1.96 bits per heavy atom. The number of aryl methyl sites for hydroxylation is 1. The lowest BCUT2D eigenvalue weighted by Gasteiger charge is -2.18. The first-order valence-electron chi connectivity index (χ1n) is 8.03. The molecule has 1 aromatic heterocycles. The van der Waals surface area contributed by atoms with E-state index in [9.17, 15) is 19.7 Å². The number of rotatable bonds is 7. The van der Waals surface area contributed by atoms with Crippen molar-refractivity contribution in [2.45, 2.75) is 26.3 Å². The molecule has 0 aliphatic carbocycles. The molecule has 0 bridgehead atoms. The van der Waals surface area contributed by atoms with Crippen LogP contribution < -0.4 is 5.32 Å². The molecular formula is C18H19N3O5. The molecule has 136 valence electrons. The second-order valence-corrected chi connectivity index (χ2v) is 5.59. The van der Waals surface area contributed by atoms with Gasteiger partial charge in [-0.2, -0.15) is 0 Å². The van der Waals surface area contributed by atoms with Gasteiger partial charge in [0.05, 0.1) is 11.5 Å². The van der Waals surface area contributed by atoms with Crippen LogP contribution in [0.4, 0.5) is 5.69 Å². The number of nitrogens with one attached hydrogen (secondary N) is 1. The number of nitro groups is 1. The minimum atomic E-state index is -0.913. The highest BCUT2D eigenvalue weighted by molar-refractivity contribution is 5.98. The molecule has 0 unspecified atom stereocenters. The average molecular weight is 357 g/mol. The normalized spacial score (nSPS) is 11.5. The van der Waals surface area contributed by atoms with Crippen molar-refractivity contribution >= 4 is 17.6 Å². The molecule has 1 N–H and O–H groups in total. The van der Waals surface area contributed by atoms with Gasteiger partial charge in [-0.25, -0.2) is 4.79 Å². The Bertz CT molecular complexity index is 808. The lowest BCUT2D eigenvalue weighted by molar-refractivity contribution is -0.384. The first-order valence-corrected chi connectivity index (χ1v) is 8.03. The number of carbonyl (C=O) groups is 2. The summed E-state index contributed by atoms with van der Waals surface area (Å²) >= 11 is 0. The van der Waals surface area contributed by atoms with Crippen LogP contribution >= 0.6 is 0 Å². The Labute approximate surface area is 150 Å². The van der Waals surface area contributed by atoms with E-state index in [1.54, 1.807) is 38.4 Å². The summed E-state index contributed by atoms with van der Waals surface area (Å²) in [4.78, 5) is 39.1. The number of nitrogens with zero attached hydrogens (tertiary/aromatic N) is 2. The van der Waals surface area contributed by atoms with Crippen molar-refractivity contribution < 1.29 is 19.2 Å². The molecule has 0 aliphatic heterocycles. The number of amides is 1. The minimum absolute atomic E-state index is 0.142. The van der Waals surface area contributed by atoms with E-state index in [2.05, 4.69) is 10.3 Å². The number of nitro benzene ring substituents is 1. The van der Waals surface area contributed by atoms with Gasteiger partial charge in [-0.15, -0.1) is 0 Å². The Hall–Kier alpha value is -3.29. The maximum absolute atomic E-state index is 12.6. The number of carbonyl (C=O) groups excluding carboxylic acids is 2. The van der Waals surface area contributed by atoms with Gasteiger partial charge >= 0.3 is 5.97 Å². The quantitative estimate of drug-likeness (QED) is 0.462. The van der Waals surface area contributed by atoms with E-state index in [0.717, 1.165) is 5.56 Å². The molecule has 1 atom stereocenters. The Morgan fingerprint density at radius 3 is 2.58 bits per heavy atom. The van der Waals surface area contributed by atoms with Crippen LogP contribution in [0.5, 0.6) is 0 Å².